The monoisotopic (exact) mass is 231 g/mol. The van der Waals surface area contributed by atoms with E-state index in [1.165, 1.54) is 30.4 Å². The van der Waals surface area contributed by atoms with Crippen LogP contribution in [0.3, 0.4) is 0 Å². The van der Waals surface area contributed by atoms with E-state index < -0.39 is 0 Å². The van der Waals surface area contributed by atoms with Gasteiger partial charge in [0.15, 0.2) is 0 Å². The van der Waals surface area contributed by atoms with Crippen LogP contribution >= 0.6 is 0 Å². The second kappa shape index (κ2) is 4.79. The third-order valence-electron chi connectivity index (χ3n) is 4.21. The lowest BCUT2D eigenvalue weighted by molar-refractivity contribution is -0.0728. The van der Waals surface area contributed by atoms with E-state index in [1.807, 2.05) is 0 Å². The molecule has 1 aromatic carbocycles. The number of nitrogens with zero attached hydrogens (tertiary/aromatic N) is 1. The highest BCUT2D eigenvalue weighted by Crippen LogP contribution is 2.36. The summed E-state index contributed by atoms with van der Waals surface area (Å²) < 4.78 is 6.08. The number of hydrogen-bond acceptors (Lipinski definition) is 2. The van der Waals surface area contributed by atoms with Gasteiger partial charge in [0.2, 0.25) is 0 Å². The number of benzene rings is 1. The summed E-state index contributed by atoms with van der Waals surface area (Å²) in [4.78, 5) is 2.59. The molecule has 0 bridgehead atoms. The van der Waals surface area contributed by atoms with Crippen molar-refractivity contribution < 1.29 is 4.74 Å². The molecule has 92 valence electrons. The van der Waals surface area contributed by atoms with E-state index in [1.54, 1.807) is 0 Å². The van der Waals surface area contributed by atoms with Crippen molar-refractivity contribution in [3.63, 3.8) is 0 Å². The van der Waals surface area contributed by atoms with Crippen molar-refractivity contribution >= 4 is 0 Å². The minimum atomic E-state index is 0.308. The molecule has 17 heavy (non-hydrogen) atoms. The van der Waals surface area contributed by atoms with Gasteiger partial charge >= 0.3 is 0 Å². The first kappa shape index (κ1) is 11.2. The summed E-state index contributed by atoms with van der Waals surface area (Å²) in [5.41, 5.74) is 2.94. The van der Waals surface area contributed by atoms with Crippen molar-refractivity contribution in [1.29, 1.82) is 0 Å². The lowest BCUT2D eigenvalue weighted by Crippen LogP contribution is -2.46. The molecular weight excluding hydrogens is 210 g/mol. The van der Waals surface area contributed by atoms with E-state index in [4.69, 9.17) is 4.74 Å². The predicted molar refractivity (Wildman–Crippen MR) is 69.1 cm³/mol. The molecule has 2 heteroatoms. The zero-order valence-electron chi connectivity index (χ0n) is 10.6. The summed E-state index contributed by atoms with van der Waals surface area (Å²) in [5, 5.41) is 0. The van der Waals surface area contributed by atoms with Gasteiger partial charge in [0.05, 0.1) is 12.7 Å². The topological polar surface area (TPSA) is 12.5 Å². The Labute approximate surface area is 104 Å². The van der Waals surface area contributed by atoms with Gasteiger partial charge in [-0.3, -0.25) is 4.90 Å². The third kappa shape index (κ3) is 2.00. The highest BCUT2D eigenvalue weighted by atomic mass is 16.5. The number of morpholine rings is 1. The van der Waals surface area contributed by atoms with E-state index in [0.29, 0.717) is 12.1 Å². The second-order valence-corrected chi connectivity index (χ2v) is 5.08. The molecule has 2 nitrogen and oxygen atoms in total. The van der Waals surface area contributed by atoms with Crippen molar-refractivity contribution in [3.05, 3.63) is 35.4 Å². The Morgan fingerprint density at radius 1 is 1.35 bits per heavy atom. The molecule has 0 N–H and O–H groups in total. The van der Waals surface area contributed by atoms with E-state index in [0.717, 1.165) is 19.7 Å². The largest absolute Gasteiger partial charge is 0.371 e. The van der Waals surface area contributed by atoms with Crippen molar-refractivity contribution in [3.8, 4) is 0 Å². The Morgan fingerprint density at radius 3 is 3.12 bits per heavy atom. The molecule has 1 aliphatic heterocycles. The molecule has 2 aliphatic rings. The maximum Gasteiger partial charge on any atom is 0.0983 e. The molecule has 0 radical (unpaired) electrons. The van der Waals surface area contributed by atoms with Gasteiger partial charge in [0, 0.05) is 12.6 Å². The van der Waals surface area contributed by atoms with Crippen LogP contribution in [-0.4, -0.2) is 30.6 Å². The van der Waals surface area contributed by atoms with Gasteiger partial charge in [0.25, 0.3) is 0 Å². The number of aryl methyl sites for hydroxylation is 1. The van der Waals surface area contributed by atoms with Crippen LogP contribution in [0.25, 0.3) is 0 Å². The molecule has 2 atom stereocenters. The molecule has 1 aromatic rings. The first-order chi connectivity index (χ1) is 8.40. The number of rotatable bonds is 1. The summed E-state index contributed by atoms with van der Waals surface area (Å²) in [6, 6.07) is 9.43. The fourth-order valence-corrected chi connectivity index (χ4v) is 3.33. The average Bonchev–Trinajstić information content (AvgIpc) is 2.58. The van der Waals surface area contributed by atoms with Crippen LogP contribution < -0.4 is 0 Å². The molecule has 1 aliphatic carbocycles. The normalized spacial score (nSPS) is 29.2. The first-order valence-electron chi connectivity index (χ1n) is 6.83. The Morgan fingerprint density at radius 2 is 2.24 bits per heavy atom. The van der Waals surface area contributed by atoms with Crippen molar-refractivity contribution in [2.45, 2.75) is 38.3 Å². The Balaban J connectivity index is 1.97. The van der Waals surface area contributed by atoms with Crippen molar-refractivity contribution in [1.82, 2.24) is 4.90 Å². The number of likely N-dealkylation sites (N-methyl/N-ethyl adjacent to an activating group) is 1. The van der Waals surface area contributed by atoms with Crippen LogP contribution in [0.2, 0.25) is 0 Å². The maximum atomic E-state index is 6.08. The van der Waals surface area contributed by atoms with Crippen LogP contribution in [0.15, 0.2) is 24.3 Å². The SMILES string of the molecule is CCN1CCOC2c3ccccc3CCCC21. The van der Waals surface area contributed by atoms with E-state index in [-0.39, 0.29) is 0 Å². The lowest BCUT2D eigenvalue weighted by Gasteiger charge is -2.40. The highest BCUT2D eigenvalue weighted by molar-refractivity contribution is 5.31. The summed E-state index contributed by atoms with van der Waals surface area (Å²) in [5.74, 6) is 0. The molecule has 1 fully saturated rings. The molecule has 0 spiro atoms. The zero-order valence-corrected chi connectivity index (χ0v) is 10.6. The van der Waals surface area contributed by atoms with Gasteiger partial charge < -0.3 is 4.74 Å². The number of ether oxygens (including phenoxy) is 1. The highest BCUT2D eigenvalue weighted by Gasteiger charge is 2.34. The van der Waals surface area contributed by atoms with Gasteiger partial charge in [-0.05, 0) is 36.9 Å². The number of fused-ring (bicyclic) bond motifs is 3. The molecule has 1 saturated heterocycles. The zero-order chi connectivity index (χ0) is 11.7. The average molecular weight is 231 g/mol. The van der Waals surface area contributed by atoms with Crippen molar-refractivity contribution in [2.24, 2.45) is 0 Å². The molecule has 0 saturated carbocycles. The predicted octanol–water partition coefficient (Wildman–Crippen LogP) is 2.78. The minimum Gasteiger partial charge on any atom is -0.371 e. The van der Waals surface area contributed by atoms with E-state index >= 15 is 0 Å². The quantitative estimate of drug-likeness (QED) is 0.737. The van der Waals surface area contributed by atoms with Crippen LogP contribution in [0.4, 0.5) is 0 Å². The van der Waals surface area contributed by atoms with Crippen LogP contribution in [0.1, 0.15) is 37.0 Å². The summed E-state index contributed by atoms with van der Waals surface area (Å²) >= 11 is 0. The fraction of sp³-hybridized carbons (Fsp3) is 0.600. The van der Waals surface area contributed by atoms with E-state index in [2.05, 4.69) is 36.1 Å². The van der Waals surface area contributed by atoms with Gasteiger partial charge in [-0.2, -0.15) is 0 Å². The molecule has 0 aromatic heterocycles. The Kier molecular flexibility index (Phi) is 3.17. The Hall–Kier alpha value is -0.860. The summed E-state index contributed by atoms with van der Waals surface area (Å²) in [7, 11) is 0. The second-order valence-electron chi connectivity index (χ2n) is 5.08. The van der Waals surface area contributed by atoms with Crippen LogP contribution in [0, 0.1) is 0 Å². The molecule has 0 amide bonds. The molecule has 1 heterocycles. The number of hydrogen-bond donors (Lipinski definition) is 0. The summed E-state index contributed by atoms with van der Waals surface area (Å²) in [6.07, 6.45) is 4.08. The van der Waals surface area contributed by atoms with Crippen molar-refractivity contribution in [2.75, 3.05) is 19.7 Å². The molecule has 3 rings (SSSR count). The van der Waals surface area contributed by atoms with Crippen LogP contribution in [0.5, 0.6) is 0 Å². The van der Waals surface area contributed by atoms with Crippen LogP contribution in [-0.2, 0) is 11.2 Å². The smallest absolute Gasteiger partial charge is 0.0983 e. The maximum absolute atomic E-state index is 6.08. The first-order valence-corrected chi connectivity index (χ1v) is 6.83. The van der Waals surface area contributed by atoms with Gasteiger partial charge in [0.1, 0.15) is 0 Å². The third-order valence-corrected chi connectivity index (χ3v) is 4.21. The van der Waals surface area contributed by atoms with Gasteiger partial charge in [-0.25, -0.2) is 0 Å². The standard InChI is InChI=1S/C15H21NO/c1-2-16-10-11-17-15-13-8-4-3-6-12(13)7-5-9-14(15)16/h3-4,6,8,14-15H,2,5,7,9-11H2,1H3. The summed E-state index contributed by atoms with van der Waals surface area (Å²) in [6.45, 7) is 5.38. The lowest BCUT2D eigenvalue weighted by atomic mass is 9.96. The van der Waals surface area contributed by atoms with E-state index in [9.17, 15) is 0 Å². The fourth-order valence-electron chi connectivity index (χ4n) is 3.33. The minimum absolute atomic E-state index is 0.308. The van der Waals surface area contributed by atoms with Gasteiger partial charge in [-0.1, -0.05) is 31.2 Å². The Bertz CT molecular complexity index is 390. The van der Waals surface area contributed by atoms with Gasteiger partial charge in [-0.15, -0.1) is 0 Å². The molecule has 2 unspecified atom stereocenters. The molecular formula is C15H21NO.